The molecule has 2 amide bonds. The van der Waals surface area contributed by atoms with Gasteiger partial charge in [-0.2, -0.15) is 5.01 Å². The first-order chi connectivity index (χ1) is 11.4. The van der Waals surface area contributed by atoms with Crippen molar-refractivity contribution in [1.82, 2.24) is 10.4 Å². The number of carbonyl (C=O) groups is 2. The number of carbonyl (C=O) groups excluding carboxylic acids is 2. The predicted molar refractivity (Wildman–Crippen MR) is 94.0 cm³/mol. The summed E-state index contributed by atoms with van der Waals surface area (Å²) in [5, 5.41) is 10.3. The molecule has 2 heterocycles. The number of hydrogen-bond acceptors (Lipinski definition) is 6. The fourth-order valence-electron chi connectivity index (χ4n) is 2.00. The molecule has 1 aliphatic heterocycles. The number of amides is 2. The van der Waals surface area contributed by atoms with E-state index in [1.807, 2.05) is 0 Å². The Bertz CT molecular complexity index is 855. The quantitative estimate of drug-likeness (QED) is 0.647. The van der Waals surface area contributed by atoms with Crippen molar-refractivity contribution in [2.75, 3.05) is 0 Å². The molecule has 0 atom stereocenters. The number of hydrogen-bond donors (Lipinski definition) is 2. The third kappa shape index (κ3) is 3.34. The largest absolute Gasteiger partial charge is 0.508 e. The van der Waals surface area contributed by atoms with E-state index in [0.29, 0.717) is 16.2 Å². The standard InChI is InChI=1S/C16H12N2O4S2/c1-9-2-7-12(22-9)8-13-15(21)18(16(23)24-13)17-14(20)10-3-5-11(19)6-4-10/h2-8,19H,1H3,(H,17,20)/b13-8-. The van der Waals surface area contributed by atoms with E-state index in [1.165, 1.54) is 24.3 Å². The number of furan rings is 1. The second-order valence-corrected chi connectivity index (χ2v) is 6.63. The van der Waals surface area contributed by atoms with Crippen molar-refractivity contribution in [3.63, 3.8) is 0 Å². The second-order valence-electron chi connectivity index (χ2n) is 4.95. The molecule has 0 bridgehead atoms. The molecule has 1 fully saturated rings. The van der Waals surface area contributed by atoms with E-state index in [2.05, 4.69) is 5.43 Å². The SMILES string of the molecule is Cc1ccc(/C=C2\SC(=S)N(NC(=O)c3ccc(O)cc3)C2=O)o1. The molecule has 3 rings (SSSR count). The summed E-state index contributed by atoms with van der Waals surface area (Å²) in [4.78, 5) is 24.9. The van der Waals surface area contributed by atoms with E-state index in [1.54, 1.807) is 25.1 Å². The highest BCUT2D eigenvalue weighted by Crippen LogP contribution is 2.31. The molecule has 1 saturated heterocycles. The number of aryl methyl sites for hydroxylation is 1. The molecule has 1 aliphatic rings. The highest BCUT2D eigenvalue weighted by molar-refractivity contribution is 8.26. The maximum atomic E-state index is 12.4. The van der Waals surface area contributed by atoms with E-state index in [4.69, 9.17) is 16.6 Å². The number of aromatic hydroxyl groups is 1. The summed E-state index contributed by atoms with van der Waals surface area (Å²) < 4.78 is 5.63. The highest BCUT2D eigenvalue weighted by Gasteiger charge is 2.34. The summed E-state index contributed by atoms with van der Waals surface area (Å²) in [6.45, 7) is 1.81. The number of thioether (sulfide) groups is 1. The van der Waals surface area contributed by atoms with E-state index in [0.717, 1.165) is 22.5 Å². The minimum Gasteiger partial charge on any atom is -0.508 e. The average molecular weight is 360 g/mol. The smallest absolute Gasteiger partial charge is 0.285 e. The maximum Gasteiger partial charge on any atom is 0.285 e. The van der Waals surface area contributed by atoms with Crippen molar-refractivity contribution in [2.45, 2.75) is 6.92 Å². The molecular weight excluding hydrogens is 348 g/mol. The lowest BCUT2D eigenvalue weighted by atomic mass is 10.2. The number of phenols is 1. The second kappa shape index (κ2) is 6.50. The zero-order valence-corrected chi connectivity index (χ0v) is 14.1. The number of phenolic OH excluding ortho intramolecular Hbond substituents is 1. The Morgan fingerprint density at radius 1 is 1.29 bits per heavy atom. The van der Waals surface area contributed by atoms with Crippen LogP contribution in [0.1, 0.15) is 21.9 Å². The minimum absolute atomic E-state index is 0.0498. The predicted octanol–water partition coefficient (Wildman–Crippen LogP) is 2.84. The van der Waals surface area contributed by atoms with Crippen LogP contribution in [0.15, 0.2) is 45.7 Å². The Kier molecular flexibility index (Phi) is 4.41. The van der Waals surface area contributed by atoms with Crippen LogP contribution in [0.3, 0.4) is 0 Å². The Morgan fingerprint density at radius 3 is 2.62 bits per heavy atom. The van der Waals surface area contributed by atoms with Gasteiger partial charge in [0, 0.05) is 11.6 Å². The Labute approximate surface area is 147 Å². The van der Waals surface area contributed by atoms with Crippen LogP contribution in [0.5, 0.6) is 5.75 Å². The molecule has 1 aromatic heterocycles. The van der Waals surface area contributed by atoms with Gasteiger partial charge in [0.25, 0.3) is 11.8 Å². The van der Waals surface area contributed by atoms with E-state index in [9.17, 15) is 14.7 Å². The molecule has 8 heteroatoms. The molecule has 2 aromatic rings. The van der Waals surface area contributed by atoms with E-state index < -0.39 is 11.8 Å². The summed E-state index contributed by atoms with van der Waals surface area (Å²) in [7, 11) is 0. The van der Waals surface area contributed by atoms with Gasteiger partial charge in [0.05, 0.1) is 4.91 Å². The Morgan fingerprint density at radius 2 is 2.00 bits per heavy atom. The lowest BCUT2D eigenvalue weighted by molar-refractivity contribution is -0.123. The van der Waals surface area contributed by atoms with Crippen LogP contribution in [0.25, 0.3) is 6.08 Å². The van der Waals surface area contributed by atoms with Crippen LogP contribution in [-0.4, -0.2) is 26.3 Å². The number of nitrogens with zero attached hydrogens (tertiary/aromatic N) is 1. The zero-order valence-electron chi connectivity index (χ0n) is 12.5. The van der Waals surface area contributed by atoms with Gasteiger partial charge in [0.15, 0.2) is 4.32 Å². The van der Waals surface area contributed by atoms with Gasteiger partial charge in [0.1, 0.15) is 17.3 Å². The topological polar surface area (TPSA) is 82.8 Å². The zero-order chi connectivity index (χ0) is 17.3. The van der Waals surface area contributed by atoms with Crippen molar-refractivity contribution in [3.8, 4) is 5.75 Å². The van der Waals surface area contributed by atoms with Crippen LogP contribution in [0.4, 0.5) is 0 Å². The summed E-state index contributed by atoms with van der Waals surface area (Å²) in [6.07, 6.45) is 1.58. The van der Waals surface area contributed by atoms with Crippen molar-refractivity contribution in [3.05, 3.63) is 58.4 Å². The molecule has 122 valence electrons. The van der Waals surface area contributed by atoms with E-state index >= 15 is 0 Å². The van der Waals surface area contributed by atoms with Crippen molar-refractivity contribution in [2.24, 2.45) is 0 Å². The molecule has 24 heavy (non-hydrogen) atoms. The third-order valence-corrected chi connectivity index (χ3v) is 4.47. The van der Waals surface area contributed by atoms with Gasteiger partial charge in [0.2, 0.25) is 0 Å². The summed E-state index contributed by atoms with van der Waals surface area (Å²) >= 11 is 6.23. The summed E-state index contributed by atoms with van der Waals surface area (Å²) in [5.41, 5.74) is 2.76. The highest BCUT2D eigenvalue weighted by atomic mass is 32.2. The van der Waals surface area contributed by atoms with Crippen LogP contribution >= 0.6 is 24.0 Å². The first-order valence-corrected chi connectivity index (χ1v) is 8.11. The van der Waals surface area contributed by atoms with Crippen molar-refractivity contribution in [1.29, 1.82) is 0 Å². The van der Waals surface area contributed by atoms with Gasteiger partial charge in [-0.1, -0.05) is 11.8 Å². The van der Waals surface area contributed by atoms with Crippen LogP contribution < -0.4 is 5.43 Å². The van der Waals surface area contributed by atoms with Gasteiger partial charge in [-0.05, 0) is 55.5 Å². The molecular formula is C16H12N2O4S2. The first-order valence-electron chi connectivity index (χ1n) is 6.88. The summed E-state index contributed by atoms with van der Waals surface area (Å²) in [6, 6.07) is 9.21. The minimum atomic E-state index is -0.499. The molecule has 0 spiro atoms. The molecule has 0 aliphatic carbocycles. The van der Waals surface area contributed by atoms with Crippen LogP contribution in [-0.2, 0) is 4.79 Å². The average Bonchev–Trinajstić information content (AvgIpc) is 3.06. The number of nitrogens with one attached hydrogen (secondary N) is 1. The number of benzene rings is 1. The maximum absolute atomic E-state index is 12.4. The van der Waals surface area contributed by atoms with Gasteiger partial charge >= 0.3 is 0 Å². The molecule has 6 nitrogen and oxygen atoms in total. The fourth-order valence-corrected chi connectivity index (χ4v) is 3.16. The number of thiocarbonyl (C=S) groups is 1. The van der Waals surface area contributed by atoms with Gasteiger partial charge in [-0.25, -0.2) is 0 Å². The first kappa shape index (κ1) is 16.3. The van der Waals surface area contributed by atoms with Crippen molar-refractivity contribution >= 4 is 46.2 Å². The molecule has 1 aromatic carbocycles. The normalized spacial score (nSPS) is 16.0. The van der Waals surface area contributed by atoms with Crippen LogP contribution in [0.2, 0.25) is 0 Å². The van der Waals surface area contributed by atoms with Crippen molar-refractivity contribution < 1.29 is 19.1 Å². The van der Waals surface area contributed by atoms with Gasteiger partial charge in [-0.3, -0.25) is 15.0 Å². The van der Waals surface area contributed by atoms with Gasteiger partial charge in [-0.15, -0.1) is 0 Å². The molecule has 0 radical (unpaired) electrons. The third-order valence-electron chi connectivity index (χ3n) is 3.17. The van der Waals surface area contributed by atoms with E-state index in [-0.39, 0.29) is 10.1 Å². The van der Waals surface area contributed by atoms with Gasteiger partial charge < -0.3 is 9.52 Å². The number of hydrazine groups is 1. The molecule has 0 unspecified atom stereocenters. The molecule has 2 N–H and O–H groups in total. The summed E-state index contributed by atoms with van der Waals surface area (Å²) in [5.74, 6) is 0.400. The Hall–Kier alpha value is -2.58. The lowest BCUT2D eigenvalue weighted by Gasteiger charge is -2.15. The number of rotatable bonds is 3. The van der Waals surface area contributed by atoms with Crippen LogP contribution in [0, 0.1) is 6.92 Å². The lowest BCUT2D eigenvalue weighted by Crippen LogP contribution is -2.44. The molecule has 0 saturated carbocycles. The monoisotopic (exact) mass is 360 g/mol. The Balaban J connectivity index is 1.76. The fraction of sp³-hybridized carbons (Fsp3) is 0.0625.